The lowest BCUT2D eigenvalue weighted by Crippen LogP contribution is -3.00. The number of sulfonamides is 1. The summed E-state index contributed by atoms with van der Waals surface area (Å²) in [5.74, 6) is -1.64. The lowest BCUT2D eigenvalue weighted by molar-refractivity contribution is -0.131. The van der Waals surface area contributed by atoms with Crippen LogP contribution in [0.5, 0.6) is 0 Å². The number of ether oxygens (including phenoxy) is 1. The van der Waals surface area contributed by atoms with Gasteiger partial charge >= 0.3 is 12.1 Å². The van der Waals surface area contributed by atoms with Crippen LogP contribution in [0.25, 0.3) is 0 Å². The van der Waals surface area contributed by atoms with Crippen molar-refractivity contribution in [1.29, 1.82) is 0 Å². The molecule has 0 saturated carbocycles. The van der Waals surface area contributed by atoms with Crippen molar-refractivity contribution >= 4 is 62.8 Å². The second-order valence-electron chi connectivity index (χ2n) is 16.7. The average molecular weight is 960 g/mol. The Morgan fingerprint density at radius 2 is 1.48 bits per heavy atom. The smallest absolute Gasteiger partial charge is 0.411 e. The summed E-state index contributed by atoms with van der Waals surface area (Å²) in [4.78, 5) is 79.6. The van der Waals surface area contributed by atoms with Crippen LogP contribution in [-0.2, 0) is 42.2 Å². The van der Waals surface area contributed by atoms with Crippen molar-refractivity contribution in [3.63, 3.8) is 0 Å². The van der Waals surface area contributed by atoms with Crippen LogP contribution in [0.15, 0.2) is 102 Å². The lowest BCUT2D eigenvalue weighted by atomic mass is 10.0. The molecule has 18 nitrogen and oxygen atoms in total. The van der Waals surface area contributed by atoms with E-state index < -0.39 is 64.0 Å². The number of anilines is 3. The van der Waals surface area contributed by atoms with Crippen LogP contribution in [-0.4, -0.2) is 86.2 Å². The van der Waals surface area contributed by atoms with Crippen LogP contribution in [0.1, 0.15) is 79.5 Å². The molecule has 9 N–H and O–H groups in total. The number of rotatable bonds is 19. The van der Waals surface area contributed by atoms with Gasteiger partial charge in [-0.05, 0) is 123 Å². The number of halogens is 1. The Balaban J connectivity index is 0.00000840. The van der Waals surface area contributed by atoms with Gasteiger partial charge in [0.25, 0.3) is 15.9 Å². The quantitative estimate of drug-likeness (QED) is 0.0663. The van der Waals surface area contributed by atoms with Gasteiger partial charge in [-0.15, -0.1) is 0 Å². The molecule has 2 heterocycles. The van der Waals surface area contributed by atoms with E-state index in [1.54, 1.807) is 59.5 Å². The van der Waals surface area contributed by atoms with E-state index in [0.29, 0.717) is 78.9 Å². The number of carbonyl (C=O) groups excluding carboxylic acids is 6. The Morgan fingerprint density at radius 1 is 0.821 bits per heavy atom. The topological polar surface area (TPSA) is 264 Å². The summed E-state index contributed by atoms with van der Waals surface area (Å²) in [5, 5.41) is 13.7. The van der Waals surface area contributed by atoms with Crippen molar-refractivity contribution in [3.8, 4) is 0 Å². The Hall–Kier alpha value is -6.54. The highest BCUT2D eigenvalue weighted by atomic mass is 35.5. The van der Waals surface area contributed by atoms with Crippen molar-refractivity contribution in [2.75, 3.05) is 35.2 Å². The van der Waals surface area contributed by atoms with Crippen molar-refractivity contribution in [2.24, 2.45) is 17.4 Å². The van der Waals surface area contributed by atoms with Gasteiger partial charge in [0.1, 0.15) is 18.7 Å². The Labute approximate surface area is 396 Å². The third-order valence-electron chi connectivity index (χ3n) is 11.2. The van der Waals surface area contributed by atoms with Crippen LogP contribution < -0.4 is 55.4 Å². The summed E-state index contributed by atoms with van der Waals surface area (Å²) in [6.45, 7) is 5.98. The van der Waals surface area contributed by atoms with E-state index in [9.17, 15) is 37.2 Å². The predicted octanol–water partition coefficient (Wildman–Crippen LogP) is 1.53. The number of nitrogens with two attached hydrogens (primary N) is 2. The summed E-state index contributed by atoms with van der Waals surface area (Å²) in [6.07, 6.45) is 1.60. The summed E-state index contributed by atoms with van der Waals surface area (Å²) >= 11 is 0. The fraction of sp³-hybridized carbons (Fsp3) is 0.362. The summed E-state index contributed by atoms with van der Waals surface area (Å²) in [7, 11) is -4.16. The maximum atomic E-state index is 13.6. The van der Waals surface area contributed by atoms with Gasteiger partial charge < -0.3 is 54.8 Å². The largest absolute Gasteiger partial charge is 1.00 e. The molecule has 358 valence electrons. The molecular formula is C47H57ClN9O9S-. The van der Waals surface area contributed by atoms with Crippen LogP contribution in [0, 0.1) is 5.92 Å². The Morgan fingerprint density at radius 3 is 2.13 bits per heavy atom. The molecule has 7 amide bonds. The molecular weight excluding hydrogens is 902 g/mol. The molecule has 4 atom stereocenters. The third kappa shape index (κ3) is 13.3. The van der Waals surface area contributed by atoms with Gasteiger partial charge in [0, 0.05) is 29.2 Å². The first-order valence-corrected chi connectivity index (χ1v) is 23.3. The minimum Gasteiger partial charge on any atom is -1.00 e. The van der Waals surface area contributed by atoms with Gasteiger partial charge in [0.2, 0.25) is 17.7 Å². The SMILES string of the molecule is CC(C)C[C@H](NC(=O)[C@@H](C)N)C(=O)N[C@@H](CCCCN)C(=O)Nc1ccc(COC(=O)Nc2ccc(C(=O)N3CCc4cc(S(=O)(=O)N5C[C@@H](c6ccccc6)NC5=O)ccc43)cc2)cc1.[Cl-]. The zero-order chi connectivity index (χ0) is 47.5. The van der Waals surface area contributed by atoms with Gasteiger partial charge in [-0.1, -0.05) is 56.3 Å². The molecule has 0 spiro atoms. The molecule has 0 unspecified atom stereocenters. The molecule has 2 aliphatic heterocycles. The molecule has 6 rings (SSSR count). The second kappa shape index (κ2) is 23.3. The molecule has 1 saturated heterocycles. The van der Waals surface area contributed by atoms with Gasteiger partial charge in [0.05, 0.1) is 23.5 Å². The number of amides is 7. The maximum absolute atomic E-state index is 13.6. The number of hydrogen-bond donors (Lipinski definition) is 7. The van der Waals surface area contributed by atoms with Crippen LogP contribution in [0.4, 0.5) is 26.7 Å². The van der Waals surface area contributed by atoms with Crippen LogP contribution >= 0.6 is 0 Å². The van der Waals surface area contributed by atoms with Gasteiger partial charge in [-0.2, -0.15) is 0 Å². The number of benzene rings is 4. The summed E-state index contributed by atoms with van der Waals surface area (Å²) in [5.41, 5.74) is 15.2. The van der Waals surface area contributed by atoms with Gasteiger partial charge in [0.15, 0.2) is 0 Å². The van der Waals surface area contributed by atoms with E-state index in [-0.39, 0.29) is 42.3 Å². The Kier molecular flexibility index (Phi) is 17.9. The number of unbranched alkanes of at least 4 members (excludes halogenated alkanes) is 1. The standard InChI is InChI=1S/C47H57N9O9S.ClH/c1-29(2)25-39(53-42(57)30(3)49)44(59)52-38(11-7-8-23-48)43(58)50-35-16-12-31(13-17-35)28-65-47(62)51-36-18-14-33(15-19-36)45(60)55-24-22-34-26-37(20-21-41(34)55)66(63,64)56-27-40(54-46(56)61)32-9-5-4-6-10-32;/h4-6,9-10,12-21,26,29-30,38-40H,7-8,11,22-25,27-28,48-49H2,1-3H3,(H,50,58)(H,51,62)(H,52,59)(H,53,57)(H,54,61);1H/p-1/t30-,38+,39+,40+;/m1./s1. The number of nitrogens with one attached hydrogen (secondary N) is 5. The van der Waals surface area contributed by atoms with Crippen molar-refractivity contribution in [2.45, 2.75) is 88.5 Å². The summed E-state index contributed by atoms with van der Waals surface area (Å²) in [6, 6.07) is 22.8. The molecule has 0 aliphatic carbocycles. The minimum atomic E-state index is -4.16. The minimum absolute atomic E-state index is 0. The average Bonchev–Trinajstić information content (AvgIpc) is 3.92. The van der Waals surface area contributed by atoms with E-state index in [4.69, 9.17) is 16.2 Å². The van der Waals surface area contributed by atoms with Crippen molar-refractivity contribution in [3.05, 3.63) is 119 Å². The molecule has 2 aliphatic rings. The lowest BCUT2D eigenvalue weighted by Gasteiger charge is -2.25. The van der Waals surface area contributed by atoms with E-state index in [2.05, 4.69) is 26.6 Å². The predicted molar refractivity (Wildman–Crippen MR) is 249 cm³/mol. The number of nitrogens with zero attached hydrogens (tertiary/aromatic N) is 2. The second-order valence-corrected chi connectivity index (χ2v) is 18.6. The van der Waals surface area contributed by atoms with E-state index in [0.717, 1.165) is 9.87 Å². The highest BCUT2D eigenvalue weighted by Gasteiger charge is 2.39. The molecule has 4 aromatic carbocycles. The van der Waals surface area contributed by atoms with E-state index in [1.165, 1.54) is 19.1 Å². The molecule has 20 heteroatoms. The fourth-order valence-corrected chi connectivity index (χ4v) is 8.98. The summed E-state index contributed by atoms with van der Waals surface area (Å²) < 4.78 is 33.4. The molecule has 4 aromatic rings. The normalized spacial score (nSPS) is 15.6. The third-order valence-corrected chi connectivity index (χ3v) is 12.9. The first kappa shape index (κ1) is 51.4. The molecule has 0 radical (unpaired) electrons. The molecule has 67 heavy (non-hydrogen) atoms. The first-order valence-electron chi connectivity index (χ1n) is 21.9. The van der Waals surface area contributed by atoms with E-state index >= 15 is 0 Å². The monoisotopic (exact) mass is 958 g/mol. The number of carbonyl (C=O) groups is 6. The van der Waals surface area contributed by atoms with Crippen molar-refractivity contribution in [1.82, 2.24) is 20.3 Å². The first-order chi connectivity index (χ1) is 31.5. The molecule has 0 aromatic heterocycles. The van der Waals surface area contributed by atoms with Crippen molar-refractivity contribution < 1.29 is 54.3 Å². The van der Waals surface area contributed by atoms with Gasteiger partial charge in [-0.25, -0.2) is 22.3 Å². The van der Waals surface area contributed by atoms with E-state index in [1.807, 2.05) is 44.2 Å². The zero-order valence-corrected chi connectivity index (χ0v) is 39.1. The maximum Gasteiger partial charge on any atom is 0.411 e. The highest BCUT2D eigenvalue weighted by molar-refractivity contribution is 7.89. The number of hydrogen-bond acceptors (Lipinski definition) is 11. The molecule has 1 fully saturated rings. The highest BCUT2D eigenvalue weighted by Crippen LogP contribution is 2.34. The van der Waals surface area contributed by atoms with Gasteiger partial charge in [-0.3, -0.25) is 24.5 Å². The molecule has 0 bridgehead atoms. The zero-order valence-electron chi connectivity index (χ0n) is 37.5. The number of urea groups is 1. The number of fused-ring (bicyclic) bond motifs is 1. The fourth-order valence-electron chi connectivity index (χ4n) is 7.58. The van der Waals surface area contributed by atoms with Crippen LogP contribution in [0.3, 0.4) is 0 Å². The Bertz CT molecular complexity index is 2510. The van der Waals surface area contributed by atoms with Crippen LogP contribution in [0.2, 0.25) is 0 Å².